The third kappa shape index (κ3) is 3.10. The second-order valence-corrected chi connectivity index (χ2v) is 4.28. The van der Waals surface area contributed by atoms with Crippen molar-refractivity contribution in [2.24, 2.45) is 0 Å². The van der Waals surface area contributed by atoms with Crippen LogP contribution in [-0.2, 0) is 17.8 Å². The van der Waals surface area contributed by atoms with Gasteiger partial charge < -0.3 is 9.52 Å². The van der Waals surface area contributed by atoms with Gasteiger partial charge in [0.25, 0.3) is 0 Å². The van der Waals surface area contributed by atoms with Crippen LogP contribution in [0.4, 0.5) is 0 Å². The minimum atomic E-state index is -0.848. The van der Waals surface area contributed by atoms with E-state index in [4.69, 9.17) is 9.52 Å². The summed E-state index contributed by atoms with van der Waals surface area (Å²) >= 11 is 0. The fourth-order valence-electron chi connectivity index (χ4n) is 2.09. The molecule has 4 nitrogen and oxygen atoms in total. The SMILES string of the molecule is O=C(O)Cc1ccc(CN2CCCCC2)o1. The summed E-state index contributed by atoms with van der Waals surface area (Å²) < 4.78 is 5.47. The van der Waals surface area contributed by atoms with Crippen LogP contribution in [-0.4, -0.2) is 29.1 Å². The zero-order valence-corrected chi connectivity index (χ0v) is 9.32. The topological polar surface area (TPSA) is 53.7 Å². The summed E-state index contributed by atoms with van der Waals surface area (Å²) in [4.78, 5) is 12.9. The van der Waals surface area contributed by atoms with Crippen molar-refractivity contribution in [2.75, 3.05) is 13.1 Å². The molecule has 2 rings (SSSR count). The van der Waals surface area contributed by atoms with Crippen LogP contribution in [0.5, 0.6) is 0 Å². The number of carboxylic acids is 1. The molecular formula is C12H17NO3. The Kier molecular flexibility index (Phi) is 3.62. The number of carboxylic acid groups (broad SMARTS) is 1. The molecule has 1 fully saturated rings. The van der Waals surface area contributed by atoms with E-state index in [0.29, 0.717) is 5.76 Å². The molecule has 2 heterocycles. The highest BCUT2D eigenvalue weighted by atomic mass is 16.4. The molecule has 1 aliphatic rings. The van der Waals surface area contributed by atoms with Crippen LogP contribution in [0.15, 0.2) is 16.5 Å². The molecular weight excluding hydrogens is 206 g/mol. The third-order valence-corrected chi connectivity index (χ3v) is 2.87. The zero-order chi connectivity index (χ0) is 11.4. The first-order valence-electron chi connectivity index (χ1n) is 5.76. The molecule has 1 aromatic rings. The number of nitrogens with zero attached hydrogens (tertiary/aromatic N) is 1. The summed E-state index contributed by atoms with van der Waals surface area (Å²) in [5.74, 6) is 0.566. The van der Waals surface area contributed by atoms with E-state index in [9.17, 15) is 4.79 Å². The van der Waals surface area contributed by atoms with Crippen molar-refractivity contribution < 1.29 is 14.3 Å². The monoisotopic (exact) mass is 223 g/mol. The second kappa shape index (κ2) is 5.16. The van der Waals surface area contributed by atoms with Crippen molar-refractivity contribution >= 4 is 5.97 Å². The molecule has 0 unspecified atom stereocenters. The van der Waals surface area contributed by atoms with Gasteiger partial charge >= 0.3 is 5.97 Å². The van der Waals surface area contributed by atoms with E-state index in [0.717, 1.165) is 25.4 Å². The van der Waals surface area contributed by atoms with Crippen LogP contribution in [0.2, 0.25) is 0 Å². The molecule has 4 heteroatoms. The minimum Gasteiger partial charge on any atom is -0.481 e. The largest absolute Gasteiger partial charge is 0.481 e. The number of piperidine rings is 1. The van der Waals surface area contributed by atoms with E-state index >= 15 is 0 Å². The number of hydrogen-bond acceptors (Lipinski definition) is 3. The first kappa shape index (κ1) is 11.2. The van der Waals surface area contributed by atoms with Crippen LogP contribution in [0, 0.1) is 0 Å². The van der Waals surface area contributed by atoms with Gasteiger partial charge in [-0.05, 0) is 38.1 Å². The predicted molar refractivity (Wildman–Crippen MR) is 59.2 cm³/mol. The molecule has 0 spiro atoms. The maximum Gasteiger partial charge on any atom is 0.311 e. The van der Waals surface area contributed by atoms with Crippen molar-refractivity contribution in [2.45, 2.75) is 32.2 Å². The van der Waals surface area contributed by atoms with Crippen molar-refractivity contribution in [3.63, 3.8) is 0 Å². The minimum absolute atomic E-state index is 0.0278. The van der Waals surface area contributed by atoms with Crippen molar-refractivity contribution in [1.82, 2.24) is 4.90 Å². The fraction of sp³-hybridized carbons (Fsp3) is 0.583. The Morgan fingerprint density at radius 3 is 2.62 bits per heavy atom. The Morgan fingerprint density at radius 2 is 1.94 bits per heavy atom. The maximum atomic E-state index is 10.5. The van der Waals surface area contributed by atoms with Crippen LogP contribution < -0.4 is 0 Å². The summed E-state index contributed by atoms with van der Waals surface area (Å²) in [6.07, 6.45) is 3.80. The number of aliphatic carboxylic acids is 1. The van der Waals surface area contributed by atoms with Crippen LogP contribution >= 0.6 is 0 Å². The molecule has 16 heavy (non-hydrogen) atoms. The number of hydrogen-bond donors (Lipinski definition) is 1. The first-order valence-corrected chi connectivity index (χ1v) is 5.76. The molecule has 0 atom stereocenters. The Labute approximate surface area is 94.9 Å². The van der Waals surface area contributed by atoms with Gasteiger partial charge in [-0.15, -0.1) is 0 Å². The molecule has 0 aliphatic carbocycles. The molecule has 1 saturated heterocycles. The number of carbonyl (C=O) groups is 1. The highest BCUT2D eigenvalue weighted by Crippen LogP contribution is 2.15. The predicted octanol–water partition coefficient (Wildman–Crippen LogP) is 1.89. The highest BCUT2D eigenvalue weighted by Gasteiger charge is 2.13. The van der Waals surface area contributed by atoms with Crippen molar-refractivity contribution in [1.29, 1.82) is 0 Å². The highest BCUT2D eigenvalue weighted by molar-refractivity contribution is 5.69. The molecule has 0 aromatic carbocycles. The van der Waals surface area contributed by atoms with E-state index in [1.165, 1.54) is 19.3 Å². The van der Waals surface area contributed by atoms with Crippen LogP contribution in [0.3, 0.4) is 0 Å². The number of furan rings is 1. The molecule has 0 radical (unpaired) electrons. The van der Waals surface area contributed by atoms with Gasteiger partial charge in [0.2, 0.25) is 0 Å². The van der Waals surface area contributed by atoms with Crippen LogP contribution in [0.25, 0.3) is 0 Å². The fourth-order valence-corrected chi connectivity index (χ4v) is 2.09. The van der Waals surface area contributed by atoms with Crippen molar-refractivity contribution in [3.05, 3.63) is 23.7 Å². The molecule has 1 aliphatic heterocycles. The summed E-state index contributed by atoms with van der Waals surface area (Å²) in [7, 11) is 0. The molecule has 0 bridgehead atoms. The molecule has 1 N–H and O–H groups in total. The van der Waals surface area contributed by atoms with Gasteiger partial charge in [0.15, 0.2) is 0 Å². The lowest BCUT2D eigenvalue weighted by atomic mass is 10.1. The molecule has 1 aromatic heterocycles. The van der Waals surface area contributed by atoms with E-state index in [1.807, 2.05) is 6.07 Å². The number of likely N-dealkylation sites (tertiary alicyclic amines) is 1. The van der Waals surface area contributed by atoms with E-state index in [2.05, 4.69) is 4.90 Å². The number of rotatable bonds is 4. The van der Waals surface area contributed by atoms with E-state index < -0.39 is 5.97 Å². The van der Waals surface area contributed by atoms with Crippen LogP contribution in [0.1, 0.15) is 30.8 Å². The zero-order valence-electron chi connectivity index (χ0n) is 9.32. The quantitative estimate of drug-likeness (QED) is 0.847. The van der Waals surface area contributed by atoms with Gasteiger partial charge in [-0.25, -0.2) is 0 Å². The smallest absolute Gasteiger partial charge is 0.311 e. The van der Waals surface area contributed by atoms with Gasteiger partial charge in [-0.1, -0.05) is 6.42 Å². The Balaban J connectivity index is 1.88. The Morgan fingerprint density at radius 1 is 1.25 bits per heavy atom. The summed E-state index contributed by atoms with van der Waals surface area (Å²) in [6, 6.07) is 3.64. The lowest BCUT2D eigenvalue weighted by molar-refractivity contribution is -0.136. The lowest BCUT2D eigenvalue weighted by Crippen LogP contribution is -2.28. The Bertz CT molecular complexity index is 353. The van der Waals surface area contributed by atoms with E-state index in [1.54, 1.807) is 6.07 Å². The van der Waals surface area contributed by atoms with Gasteiger partial charge in [-0.3, -0.25) is 9.69 Å². The first-order chi connectivity index (χ1) is 7.74. The summed E-state index contributed by atoms with van der Waals surface area (Å²) in [5.41, 5.74) is 0. The maximum absolute atomic E-state index is 10.5. The second-order valence-electron chi connectivity index (χ2n) is 4.28. The van der Waals surface area contributed by atoms with Gasteiger partial charge in [0.1, 0.15) is 17.9 Å². The summed E-state index contributed by atoms with van der Waals surface area (Å²) in [6.45, 7) is 3.05. The van der Waals surface area contributed by atoms with Gasteiger partial charge in [0, 0.05) is 0 Å². The standard InChI is InChI=1S/C12H17NO3/c14-12(15)8-10-4-5-11(16-10)9-13-6-2-1-3-7-13/h4-5H,1-3,6-9H2,(H,14,15). The molecule has 88 valence electrons. The Hall–Kier alpha value is -1.29. The molecule has 0 amide bonds. The molecule has 0 saturated carbocycles. The van der Waals surface area contributed by atoms with Gasteiger partial charge in [-0.2, -0.15) is 0 Å². The summed E-state index contributed by atoms with van der Waals surface area (Å²) in [5, 5.41) is 8.63. The average Bonchev–Trinajstić information content (AvgIpc) is 2.66. The van der Waals surface area contributed by atoms with E-state index in [-0.39, 0.29) is 6.42 Å². The van der Waals surface area contributed by atoms with Gasteiger partial charge in [0.05, 0.1) is 6.54 Å². The normalized spacial score (nSPS) is 17.5. The average molecular weight is 223 g/mol. The third-order valence-electron chi connectivity index (χ3n) is 2.87. The lowest BCUT2D eigenvalue weighted by Gasteiger charge is -2.25. The van der Waals surface area contributed by atoms with Crippen molar-refractivity contribution in [3.8, 4) is 0 Å².